The highest BCUT2D eigenvalue weighted by molar-refractivity contribution is 7.18. The number of nitrogen functional groups attached to an aromatic ring is 1. The second kappa shape index (κ2) is 9.75. The zero-order chi connectivity index (χ0) is 27.0. The molecule has 38 heavy (non-hydrogen) atoms. The highest BCUT2D eigenvalue weighted by Crippen LogP contribution is 2.32. The third-order valence-corrected chi connectivity index (χ3v) is 6.92. The number of carbonyl (C=O) groups is 1. The first-order chi connectivity index (χ1) is 18.1. The van der Waals surface area contributed by atoms with Crippen molar-refractivity contribution in [2.75, 3.05) is 11.1 Å². The maximum atomic E-state index is 13.6. The monoisotopic (exact) mass is 534 g/mol. The molecule has 0 saturated heterocycles. The van der Waals surface area contributed by atoms with Crippen molar-refractivity contribution < 1.29 is 18.0 Å². The number of benzene rings is 2. The fourth-order valence-electron chi connectivity index (χ4n) is 3.90. The average molecular weight is 535 g/mol. The van der Waals surface area contributed by atoms with Crippen LogP contribution in [0.2, 0.25) is 0 Å². The lowest BCUT2D eigenvalue weighted by Crippen LogP contribution is -2.15. The number of nitrogens with one attached hydrogen (secondary N) is 1. The number of carbonyl (C=O) groups excluding carboxylic acids is 1. The summed E-state index contributed by atoms with van der Waals surface area (Å²) in [6, 6.07) is 8.51. The van der Waals surface area contributed by atoms with E-state index in [2.05, 4.69) is 20.3 Å². The molecular weight excluding hydrogens is 513 g/mol. The van der Waals surface area contributed by atoms with Crippen molar-refractivity contribution in [1.82, 2.24) is 19.5 Å². The summed E-state index contributed by atoms with van der Waals surface area (Å²) in [6.07, 6.45) is 3.56. The molecule has 3 heterocycles. The number of halogens is 3. The fraction of sp³-hybridized carbons (Fsp3) is 0.111. The number of alkyl halides is 3. The molecule has 0 saturated carbocycles. The Kier molecular flexibility index (Phi) is 6.45. The van der Waals surface area contributed by atoms with Crippen molar-refractivity contribution in [3.05, 3.63) is 94.1 Å². The minimum absolute atomic E-state index is 0.124. The van der Waals surface area contributed by atoms with E-state index >= 15 is 0 Å². The molecule has 0 bridgehead atoms. The fourth-order valence-corrected chi connectivity index (χ4v) is 4.79. The zero-order valence-electron chi connectivity index (χ0n) is 20.2. The molecule has 0 aliphatic carbocycles. The topological polar surface area (TPSA) is 98.7 Å². The molecule has 0 unspecified atom stereocenters. The van der Waals surface area contributed by atoms with Gasteiger partial charge in [0, 0.05) is 34.1 Å². The van der Waals surface area contributed by atoms with E-state index in [-0.39, 0.29) is 11.3 Å². The Morgan fingerprint density at radius 2 is 1.84 bits per heavy atom. The summed E-state index contributed by atoms with van der Waals surface area (Å²) in [7, 11) is 0. The van der Waals surface area contributed by atoms with Gasteiger partial charge in [0.05, 0.1) is 27.8 Å². The maximum Gasteiger partial charge on any atom is 0.416 e. The summed E-state index contributed by atoms with van der Waals surface area (Å²) in [6.45, 7) is 3.65. The Hall–Kier alpha value is -4.51. The van der Waals surface area contributed by atoms with Crippen LogP contribution in [-0.2, 0) is 6.18 Å². The standard InChI is InChI=1S/C27H21F3N6OS/c1-15-3-6-21(8-17(15)4-5-18-12-38-24-23(18)32-13-33-25(24)31)35-26(37)19-7-20(27(28,29)30)10-22(9-19)36-11-16(2)34-14-36/h3-14H,1-2H3,(H,35,37)(H2,31,32,33)/b5-4+. The summed E-state index contributed by atoms with van der Waals surface area (Å²) >= 11 is 1.45. The van der Waals surface area contributed by atoms with E-state index in [1.165, 1.54) is 34.6 Å². The molecule has 11 heteroatoms. The smallest absolute Gasteiger partial charge is 0.382 e. The molecule has 0 atom stereocenters. The van der Waals surface area contributed by atoms with E-state index in [9.17, 15) is 18.0 Å². The highest BCUT2D eigenvalue weighted by atomic mass is 32.1. The van der Waals surface area contributed by atoms with Gasteiger partial charge in [0.2, 0.25) is 0 Å². The molecule has 5 rings (SSSR count). The van der Waals surface area contributed by atoms with Gasteiger partial charge in [-0.2, -0.15) is 13.2 Å². The third kappa shape index (κ3) is 5.14. The number of hydrogen-bond acceptors (Lipinski definition) is 6. The van der Waals surface area contributed by atoms with Gasteiger partial charge in [-0.1, -0.05) is 18.2 Å². The molecule has 0 aliphatic heterocycles. The molecule has 0 aliphatic rings. The molecule has 0 radical (unpaired) electrons. The first kappa shape index (κ1) is 25.2. The molecular formula is C27H21F3N6OS. The normalized spacial score (nSPS) is 11.9. The molecule has 7 nitrogen and oxygen atoms in total. The number of imidazole rings is 1. The Labute approximate surface area is 219 Å². The van der Waals surface area contributed by atoms with Crippen molar-refractivity contribution in [3.8, 4) is 5.69 Å². The molecule has 3 N–H and O–H groups in total. The largest absolute Gasteiger partial charge is 0.416 e. The number of rotatable bonds is 5. The van der Waals surface area contributed by atoms with Gasteiger partial charge in [0.1, 0.15) is 12.1 Å². The molecule has 0 spiro atoms. The predicted octanol–water partition coefficient (Wildman–Crippen LogP) is 6.52. The number of anilines is 2. The summed E-state index contributed by atoms with van der Waals surface area (Å²) in [4.78, 5) is 25.4. The second-order valence-electron chi connectivity index (χ2n) is 8.68. The lowest BCUT2D eigenvalue weighted by Gasteiger charge is -2.13. The average Bonchev–Trinajstić information content (AvgIpc) is 3.50. The number of nitrogens with two attached hydrogens (primary N) is 1. The van der Waals surface area contributed by atoms with Crippen LogP contribution >= 0.6 is 11.3 Å². The van der Waals surface area contributed by atoms with E-state index in [1.807, 2.05) is 30.5 Å². The molecule has 0 fully saturated rings. The minimum Gasteiger partial charge on any atom is -0.382 e. The van der Waals surface area contributed by atoms with Crippen LogP contribution in [0.15, 0.2) is 60.6 Å². The number of amides is 1. The van der Waals surface area contributed by atoms with Crippen LogP contribution in [0.1, 0.15) is 38.3 Å². The van der Waals surface area contributed by atoms with Crippen LogP contribution < -0.4 is 11.1 Å². The van der Waals surface area contributed by atoms with E-state index in [0.717, 1.165) is 39.0 Å². The van der Waals surface area contributed by atoms with Crippen molar-refractivity contribution in [2.24, 2.45) is 0 Å². The van der Waals surface area contributed by atoms with Crippen LogP contribution in [0, 0.1) is 13.8 Å². The summed E-state index contributed by atoms with van der Waals surface area (Å²) in [5.74, 6) is -0.245. The maximum absolute atomic E-state index is 13.6. The van der Waals surface area contributed by atoms with E-state index in [0.29, 0.717) is 17.2 Å². The number of nitrogens with zero attached hydrogens (tertiary/aromatic N) is 4. The van der Waals surface area contributed by atoms with Gasteiger partial charge in [-0.15, -0.1) is 11.3 Å². The van der Waals surface area contributed by atoms with Crippen LogP contribution in [0.3, 0.4) is 0 Å². The summed E-state index contributed by atoms with van der Waals surface area (Å²) < 4.78 is 43.0. The van der Waals surface area contributed by atoms with Crippen LogP contribution in [0.5, 0.6) is 0 Å². The van der Waals surface area contributed by atoms with Gasteiger partial charge in [-0.3, -0.25) is 4.79 Å². The van der Waals surface area contributed by atoms with Gasteiger partial charge in [0.25, 0.3) is 5.91 Å². The Morgan fingerprint density at radius 3 is 2.58 bits per heavy atom. The minimum atomic E-state index is -4.62. The van der Waals surface area contributed by atoms with Crippen molar-refractivity contribution in [3.63, 3.8) is 0 Å². The number of thiophene rings is 1. The SMILES string of the molecule is Cc1cn(-c2cc(C(=O)Nc3ccc(C)c(/C=C/c4csc5c(N)ncnc45)c3)cc(C(F)(F)F)c2)cn1. The number of aryl methyl sites for hydroxylation is 2. The number of aromatic nitrogens is 4. The zero-order valence-corrected chi connectivity index (χ0v) is 21.1. The number of fused-ring (bicyclic) bond motifs is 1. The van der Waals surface area contributed by atoms with E-state index in [1.54, 1.807) is 25.3 Å². The Bertz CT molecular complexity index is 1700. The van der Waals surface area contributed by atoms with Crippen molar-refractivity contribution >= 4 is 51.1 Å². The van der Waals surface area contributed by atoms with Gasteiger partial charge >= 0.3 is 6.18 Å². The van der Waals surface area contributed by atoms with E-state index < -0.39 is 17.6 Å². The van der Waals surface area contributed by atoms with Crippen molar-refractivity contribution in [1.29, 1.82) is 0 Å². The van der Waals surface area contributed by atoms with E-state index in [4.69, 9.17) is 5.73 Å². The second-order valence-corrected chi connectivity index (χ2v) is 9.55. The van der Waals surface area contributed by atoms with Gasteiger partial charge < -0.3 is 15.6 Å². The van der Waals surface area contributed by atoms with Crippen LogP contribution in [0.4, 0.5) is 24.7 Å². The summed E-state index contributed by atoms with van der Waals surface area (Å²) in [5.41, 5.74) is 9.53. The Morgan fingerprint density at radius 1 is 1.05 bits per heavy atom. The first-order valence-electron chi connectivity index (χ1n) is 11.4. The first-order valence-corrected chi connectivity index (χ1v) is 12.3. The highest BCUT2D eigenvalue weighted by Gasteiger charge is 2.32. The molecule has 3 aromatic heterocycles. The summed E-state index contributed by atoms with van der Waals surface area (Å²) in [5, 5.41) is 4.65. The van der Waals surface area contributed by atoms with Gasteiger partial charge in [0.15, 0.2) is 0 Å². The lowest BCUT2D eigenvalue weighted by atomic mass is 10.1. The quantitative estimate of drug-likeness (QED) is 0.268. The molecule has 2 aromatic carbocycles. The molecule has 5 aromatic rings. The van der Waals surface area contributed by atoms with Crippen LogP contribution in [0.25, 0.3) is 28.1 Å². The predicted molar refractivity (Wildman–Crippen MR) is 143 cm³/mol. The molecule has 1 amide bonds. The molecule has 192 valence electrons. The number of hydrogen-bond donors (Lipinski definition) is 2. The van der Waals surface area contributed by atoms with Gasteiger partial charge in [-0.05, 0) is 55.3 Å². The van der Waals surface area contributed by atoms with Gasteiger partial charge in [-0.25, -0.2) is 15.0 Å². The van der Waals surface area contributed by atoms with Crippen LogP contribution in [-0.4, -0.2) is 25.4 Å². The Balaban J connectivity index is 1.43. The lowest BCUT2D eigenvalue weighted by molar-refractivity contribution is -0.137. The third-order valence-electron chi connectivity index (χ3n) is 5.91. The van der Waals surface area contributed by atoms with Crippen molar-refractivity contribution in [2.45, 2.75) is 20.0 Å².